The number of Topliss-reactive ketones (excluding diaryl/α,β-unsaturated/α-hetero) is 1. The van der Waals surface area contributed by atoms with Crippen molar-refractivity contribution in [3.63, 3.8) is 0 Å². The molecule has 19 heavy (non-hydrogen) atoms. The van der Waals surface area contributed by atoms with E-state index >= 15 is 0 Å². The van der Waals surface area contributed by atoms with Gasteiger partial charge in [-0.3, -0.25) is 9.69 Å². The zero-order valence-corrected chi connectivity index (χ0v) is 12.8. The molecule has 0 heterocycles. The van der Waals surface area contributed by atoms with Gasteiger partial charge in [-0.05, 0) is 39.2 Å². The first-order chi connectivity index (χ1) is 9.02. The van der Waals surface area contributed by atoms with Crippen molar-refractivity contribution in [3.05, 3.63) is 34.9 Å². The van der Waals surface area contributed by atoms with E-state index in [1.165, 1.54) is 0 Å². The molecule has 1 aromatic carbocycles. The summed E-state index contributed by atoms with van der Waals surface area (Å²) in [7, 11) is 4.09. The lowest BCUT2D eigenvalue weighted by molar-refractivity contribution is 0.0925. The first-order valence-electron chi connectivity index (χ1n) is 6.68. The summed E-state index contributed by atoms with van der Waals surface area (Å²) in [6.45, 7) is 5.41. The van der Waals surface area contributed by atoms with Gasteiger partial charge in [-0.25, -0.2) is 0 Å². The Morgan fingerprint density at radius 2 is 1.95 bits per heavy atom. The fourth-order valence-corrected chi connectivity index (χ4v) is 2.07. The molecule has 0 aliphatic carbocycles. The lowest BCUT2D eigenvalue weighted by atomic mass is 10.1. The van der Waals surface area contributed by atoms with Crippen molar-refractivity contribution in [2.75, 3.05) is 40.3 Å². The number of rotatable bonds is 8. The van der Waals surface area contributed by atoms with E-state index < -0.39 is 0 Å². The predicted molar refractivity (Wildman–Crippen MR) is 81.1 cm³/mol. The van der Waals surface area contributed by atoms with Gasteiger partial charge in [-0.2, -0.15) is 0 Å². The number of benzene rings is 1. The Morgan fingerprint density at radius 3 is 2.53 bits per heavy atom. The molecule has 0 bridgehead atoms. The number of hydrogen-bond donors (Lipinski definition) is 0. The van der Waals surface area contributed by atoms with Crippen LogP contribution >= 0.6 is 11.6 Å². The summed E-state index contributed by atoms with van der Waals surface area (Å²) in [6.07, 6.45) is 1.05. The van der Waals surface area contributed by atoms with Crippen LogP contribution in [0.4, 0.5) is 0 Å². The SMILES string of the molecule is CCCN(CCN(C)C)CC(=O)c1cccc(Cl)c1. The quantitative estimate of drug-likeness (QED) is 0.685. The number of carbonyl (C=O) groups excluding carboxylic acids is 1. The van der Waals surface area contributed by atoms with Gasteiger partial charge in [-0.1, -0.05) is 30.7 Å². The van der Waals surface area contributed by atoms with Crippen LogP contribution in [0.15, 0.2) is 24.3 Å². The molecule has 0 aliphatic rings. The van der Waals surface area contributed by atoms with Crippen LogP contribution < -0.4 is 0 Å². The molecule has 4 heteroatoms. The van der Waals surface area contributed by atoms with Gasteiger partial charge in [-0.15, -0.1) is 0 Å². The Labute approximate surface area is 121 Å². The maximum absolute atomic E-state index is 12.2. The van der Waals surface area contributed by atoms with E-state index in [0.717, 1.165) is 26.1 Å². The molecule has 0 saturated carbocycles. The largest absolute Gasteiger partial charge is 0.308 e. The third-order valence-electron chi connectivity index (χ3n) is 2.92. The number of hydrogen-bond acceptors (Lipinski definition) is 3. The molecule has 0 aromatic heterocycles. The minimum absolute atomic E-state index is 0.134. The highest BCUT2D eigenvalue weighted by molar-refractivity contribution is 6.31. The molecule has 0 unspecified atom stereocenters. The molecule has 0 radical (unpaired) electrons. The number of nitrogens with zero attached hydrogens (tertiary/aromatic N) is 2. The van der Waals surface area contributed by atoms with E-state index in [9.17, 15) is 4.79 Å². The summed E-state index contributed by atoms with van der Waals surface area (Å²) in [4.78, 5) is 16.5. The van der Waals surface area contributed by atoms with Crippen molar-refractivity contribution in [3.8, 4) is 0 Å². The Morgan fingerprint density at radius 1 is 1.21 bits per heavy atom. The minimum Gasteiger partial charge on any atom is -0.308 e. The first kappa shape index (κ1) is 16.2. The molecular weight excluding hydrogens is 260 g/mol. The number of ketones is 1. The summed E-state index contributed by atoms with van der Waals surface area (Å²) in [5.74, 6) is 0.134. The summed E-state index contributed by atoms with van der Waals surface area (Å²) in [5.41, 5.74) is 0.693. The fraction of sp³-hybridized carbons (Fsp3) is 0.533. The van der Waals surface area contributed by atoms with Crippen LogP contribution in [0.2, 0.25) is 5.02 Å². The topological polar surface area (TPSA) is 23.6 Å². The highest BCUT2D eigenvalue weighted by Gasteiger charge is 2.12. The maximum atomic E-state index is 12.2. The van der Waals surface area contributed by atoms with Crippen LogP contribution in [0.3, 0.4) is 0 Å². The van der Waals surface area contributed by atoms with Gasteiger partial charge in [0.15, 0.2) is 5.78 Å². The Kier molecular flexibility index (Phi) is 7.06. The highest BCUT2D eigenvalue weighted by Crippen LogP contribution is 2.11. The van der Waals surface area contributed by atoms with Crippen LogP contribution in [0, 0.1) is 0 Å². The summed E-state index contributed by atoms with van der Waals surface area (Å²) >= 11 is 5.92. The van der Waals surface area contributed by atoms with E-state index in [2.05, 4.69) is 16.7 Å². The number of carbonyl (C=O) groups is 1. The number of likely N-dealkylation sites (N-methyl/N-ethyl adjacent to an activating group) is 1. The molecule has 0 spiro atoms. The second-order valence-electron chi connectivity index (χ2n) is 5.01. The van der Waals surface area contributed by atoms with Crippen molar-refractivity contribution < 1.29 is 4.79 Å². The predicted octanol–water partition coefficient (Wildman–Crippen LogP) is 2.80. The number of halogens is 1. The summed E-state index contributed by atoms with van der Waals surface area (Å²) < 4.78 is 0. The van der Waals surface area contributed by atoms with Crippen LogP contribution in [0.5, 0.6) is 0 Å². The van der Waals surface area contributed by atoms with E-state index in [4.69, 9.17) is 11.6 Å². The molecule has 0 fully saturated rings. The van der Waals surface area contributed by atoms with Crippen molar-refractivity contribution >= 4 is 17.4 Å². The molecule has 0 amide bonds. The second kappa shape index (κ2) is 8.31. The average molecular weight is 283 g/mol. The van der Waals surface area contributed by atoms with Gasteiger partial charge in [0.1, 0.15) is 0 Å². The van der Waals surface area contributed by atoms with E-state index in [-0.39, 0.29) is 5.78 Å². The molecule has 1 aromatic rings. The second-order valence-corrected chi connectivity index (χ2v) is 5.45. The Balaban J connectivity index is 2.60. The van der Waals surface area contributed by atoms with Gasteiger partial charge < -0.3 is 4.90 Å². The van der Waals surface area contributed by atoms with Crippen molar-refractivity contribution in [2.45, 2.75) is 13.3 Å². The Hall–Kier alpha value is -0.900. The molecule has 3 nitrogen and oxygen atoms in total. The molecule has 0 N–H and O–H groups in total. The van der Waals surface area contributed by atoms with Gasteiger partial charge >= 0.3 is 0 Å². The molecule has 1 rings (SSSR count). The molecule has 106 valence electrons. The summed E-state index contributed by atoms with van der Waals surface area (Å²) in [5, 5.41) is 0.612. The third-order valence-corrected chi connectivity index (χ3v) is 3.15. The highest BCUT2D eigenvalue weighted by atomic mass is 35.5. The fourth-order valence-electron chi connectivity index (χ4n) is 1.88. The lowest BCUT2D eigenvalue weighted by Crippen LogP contribution is -2.36. The minimum atomic E-state index is 0.134. The van der Waals surface area contributed by atoms with Crippen molar-refractivity contribution in [1.82, 2.24) is 9.80 Å². The maximum Gasteiger partial charge on any atom is 0.176 e. The molecule has 0 saturated heterocycles. The molecule has 0 aliphatic heterocycles. The zero-order chi connectivity index (χ0) is 14.3. The van der Waals surface area contributed by atoms with E-state index in [0.29, 0.717) is 17.1 Å². The van der Waals surface area contributed by atoms with Gasteiger partial charge in [0.2, 0.25) is 0 Å². The monoisotopic (exact) mass is 282 g/mol. The van der Waals surface area contributed by atoms with Gasteiger partial charge in [0.05, 0.1) is 6.54 Å². The van der Waals surface area contributed by atoms with Crippen molar-refractivity contribution in [2.24, 2.45) is 0 Å². The zero-order valence-electron chi connectivity index (χ0n) is 12.0. The van der Waals surface area contributed by atoms with Crippen LogP contribution in [-0.2, 0) is 0 Å². The van der Waals surface area contributed by atoms with Crippen LogP contribution in [-0.4, -0.2) is 55.9 Å². The third kappa shape index (κ3) is 6.19. The smallest absolute Gasteiger partial charge is 0.176 e. The molecular formula is C15H23ClN2O. The first-order valence-corrected chi connectivity index (χ1v) is 7.06. The lowest BCUT2D eigenvalue weighted by Gasteiger charge is -2.22. The van der Waals surface area contributed by atoms with Crippen molar-refractivity contribution in [1.29, 1.82) is 0 Å². The van der Waals surface area contributed by atoms with Crippen LogP contribution in [0.25, 0.3) is 0 Å². The van der Waals surface area contributed by atoms with E-state index in [1.54, 1.807) is 12.1 Å². The van der Waals surface area contributed by atoms with Gasteiger partial charge in [0.25, 0.3) is 0 Å². The van der Waals surface area contributed by atoms with E-state index in [1.807, 2.05) is 26.2 Å². The van der Waals surface area contributed by atoms with Gasteiger partial charge in [0, 0.05) is 23.7 Å². The molecule has 0 atom stereocenters. The average Bonchev–Trinajstić information content (AvgIpc) is 2.36. The Bertz CT molecular complexity index is 407. The van der Waals surface area contributed by atoms with Crippen LogP contribution in [0.1, 0.15) is 23.7 Å². The normalized spacial score (nSPS) is 11.3. The standard InChI is InChI=1S/C15H23ClN2O/c1-4-8-18(10-9-17(2)3)12-15(19)13-6-5-7-14(16)11-13/h5-7,11H,4,8-10,12H2,1-3H3. The summed E-state index contributed by atoms with van der Waals surface area (Å²) in [6, 6.07) is 7.16.